The van der Waals surface area contributed by atoms with Gasteiger partial charge in [-0.25, -0.2) is 0 Å². The normalized spacial score (nSPS) is 26.8. The van der Waals surface area contributed by atoms with E-state index in [1.807, 2.05) is 17.5 Å². The maximum Gasteiger partial charge on any atom is 0.257 e. The Morgan fingerprint density at radius 2 is 2.40 bits per heavy atom. The van der Waals surface area contributed by atoms with Gasteiger partial charge in [0.1, 0.15) is 0 Å². The smallest absolute Gasteiger partial charge is 0.257 e. The van der Waals surface area contributed by atoms with Gasteiger partial charge in [0.2, 0.25) is 5.89 Å². The zero-order valence-electron chi connectivity index (χ0n) is 11.3. The van der Waals surface area contributed by atoms with E-state index in [2.05, 4.69) is 20.4 Å². The Hall–Kier alpha value is -1.24. The summed E-state index contributed by atoms with van der Waals surface area (Å²) < 4.78 is 5.77. The summed E-state index contributed by atoms with van der Waals surface area (Å²) in [6.07, 6.45) is 2.65. The molecule has 5 nitrogen and oxygen atoms in total. The van der Waals surface area contributed by atoms with E-state index in [9.17, 15) is 0 Å². The van der Waals surface area contributed by atoms with Crippen molar-refractivity contribution in [1.29, 1.82) is 0 Å². The molecule has 0 spiro atoms. The number of fused-ring (bicyclic) bond motifs is 1. The minimum Gasteiger partial charge on any atom is -0.419 e. The molecule has 4 heterocycles. The lowest BCUT2D eigenvalue weighted by Gasteiger charge is -2.24. The first-order valence-corrected chi connectivity index (χ1v) is 8.08. The Morgan fingerprint density at radius 1 is 1.40 bits per heavy atom. The van der Waals surface area contributed by atoms with Gasteiger partial charge in [-0.1, -0.05) is 6.07 Å². The fourth-order valence-corrected chi connectivity index (χ4v) is 3.92. The number of piperidine rings is 1. The third kappa shape index (κ3) is 2.39. The highest BCUT2D eigenvalue weighted by Crippen LogP contribution is 2.27. The van der Waals surface area contributed by atoms with E-state index in [1.54, 1.807) is 11.3 Å². The first kappa shape index (κ1) is 12.5. The van der Waals surface area contributed by atoms with E-state index in [0.717, 1.165) is 42.9 Å². The van der Waals surface area contributed by atoms with Crippen LogP contribution >= 0.6 is 11.3 Å². The third-order valence-electron chi connectivity index (χ3n) is 4.23. The van der Waals surface area contributed by atoms with Crippen molar-refractivity contribution in [2.45, 2.75) is 25.4 Å². The lowest BCUT2D eigenvalue weighted by molar-refractivity contribution is 0.280. The van der Waals surface area contributed by atoms with Crippen LogP contribution in [0.25, 0.3) is 10.8 Å². The Bertz CT molecular complexity index is 554. The van der Waals surface area contributed by atoms with Crippen molar-refractivity contribution in [3.05, 3.63) is 23.4 Å². The standard InChI is InChI=1S/C14H18N4OS/c1-3-10-7-18(8-11(10)15-5-1)9-13-16-17-14(19-13)12-4-2-6-20-12/h2,4,6,10-11,15H,1,3,5,7-9H2. The fraction of sp³-hybridized carbons (Fsp3) is 0.571. The largest absolute Gasteiger partial charge is 0.419 e. The molecular weight excluding hydrogens is 272 g/mol. The minimum atomic E-state index is 0.643. The summed E-state index contributed by atoms with van der Waals surface area (Å²) >= 11 is 1.63. The van der Waals surface area contributed by atoms with Crippen LogP contribution in [0.2, 0.25) is 0 Å². The van der Waals surface area contributed by atoms with Crippen LogP contribution in [-0.4, -0.2) is 40.8 Å². The first-order chi connectivity index (χ1) is 9.88. The average Bonchev–Trinajstić information content (AvgIpc) is 3.18. The molecule has 2 aliphatic heterocycles. The summed E-state index contributed by atoms with van der Waals surface area (Å²) in [6, 6.07) is 4.67. The number of hydrogen-bond acceptors (Lipinski definition) is 6. The van der Waals surface area contributed by atoms with Crippen LogP contribution in [0.15, 0.2) is 21.9 Å². The number of nitrogens with zero attached hydrogens (tertiary/aromatic N) is 3. The van der Waals surface area contributed by atoms with Crippen LogP contribution in [-0.2, 0) is 6.54 Å². The number of rotatable bonds is 3. The van der Waals surface area contributed by atoms with Crippen molar-refractivity contribution in [3.63, 3.8) is 0 Å². The lowest BCUT2D eigenvalue weighted by Crippen LogP contribution is -2.40. The van der Waals surface area contributed by atoms with Gasteiger partial charge < -0.3 is 9.73 Å². The summed E-state index contributed by atoms with van der Waals surface area (Å²) in [5, 5.41) is 14.0. The molecule has 0 amide bonds. The third-order valence-corrected chi connectivity index (χ3v) is 5.09. The number of nitrogens with one attached hydrogen (secondary N) is 1. The molecule has 2 aromatic heterocycles. The SMILES string of the molecule is c1csc(-c2nnc(CN3CC4CCCNC4C3)o2)c1. The highest BCUT2D eigenvalue weighted by Gasteiger charge is 2.34. The molecule has 20 heavy (non-hydrogen) atoms. The second kappa shape index (κ2) is 5.27. The Balaban J connectivity index is 1.42. The molecule has 0 radical (unpaired) electrons. The molecule has 1 N–H and O–H groups in total. The fourth-order valence-electron chi connectivity index (χ4n) is 3.27. The molecule has 2 unspecified atom stereocenters. The molecule has 0 bridgehead atoms. The van der Waals surface area contributed by atoms with Crippen LogP contribution < -0.4 is 5.32 Å². The van der Waals surface area contributed by atoms with Gasteiger partial charge in [0.05, 0.1) is 11.4 Å². The molecule has 0 saturated carbocycles. The molecule has 2 atom stereocenters. The number of likely N-dealkylation sites (tertiary alicyclic amines) is 1. The average molecular weight is 290 g/mol. The maximum atomic E-state index is 5.77. The molecule has 2 fully saturated rings. The van der Waals surface area contributed by atoms with Gasteiger partial charge in [-0.3, -0.25) is 4.90 Å². The summed E-state index contributed by atoms with van der Waals surface area (Å²) in [4.78, 5) is 3.47. The Kier molecular flexibility index (Phi) is 3.29. The second-order valence-corrected chi connectivity index (χ2v) is 6.58. The topological polar surface area (TPSA) is 54.2 Å². The van der Waals surface area contributed by atoms with Crippen molar-refractivity contribution in [1.82, 2.24) is 20.4 Å². The molecule has 2 saturated heterocycles. The van der Waals surface area contributed by atoms with Gasteiger partial charge in [-0.15, -0.1) is 21.5 Å². The molecule has 6 heteroatoms. The second-order valence-electron chi connectivity index (χ2n) is 5.64. The van der Waals surface area contributed by atoms with Gasteiger partial charge >= 0.3 is 0 Å². The van der Waals surface area contributed by atoms with Crippen LogP contribution in [0.5, 0.6) is 0 Å². The highest BCUT2D eigenvalue weighted by molar-refractivity contribution is 7.13. The number of aromatic nitrogens is 2. The van der Waals surface area contributed by atoms with Crippen molar-refractivity contribution < 1.29 is 4.42 Å². The van der Waals surface area contributed by atoms with Gasteiger partial charge in [0.15, 0.2) is 0 Å². The van der Waals surface area contributed by atoms with E-state index in [-0.39, 0.29) is 0 Å². The van der Waals surface area contributed by atoms with Crippen LogP contribution in [0, 0.1) is 5.92 Å². The Labute approximate surface area is 122 Å². The lowest BCUT2D eigenvalue weighted by atomic mass is 9.94. The van der Waals surface area contributed by atoms with Crippen molar-refractivity contribution in [2.75, 3.05) is 19.6 Å². The minimum absolute atomic E-state index is 0.643. The molecule has 0 aromatic carbocycles. The van der Waals surface area contributed by atoms with Gasteiger partial charge in [0.25, 0.3) is 5.89 Å². The van der Waals surface area contributed by atoms with Crippen molar-refractivity contribution >= 4 is 11.3 Å². The summed E-state index contributed by atoms with van der Waals surface area (Å²) in [5.41, 5.74) is 0. The van der Waals surface area contributed by atoms with E-state index >= 15 is 0 Å². The summed E-state index contributed by atoms with van der Waals surface area (Å²) in [7, 11) is 0. The zero-order valence-corrected chi connectivity index (χ0v) is 12.1. The molecule has 2 aromatic rings. The highest BCUT2D eigenvalue weighted by atomic mass is 32.1. The molecule has 0 aliphatic carbocycles. The van der Waals surface area contributed by atoms with E-state index < -0.39 is 0 Å². The first-order valence-electron chi connectivity index (χ1n) is 7.20. The van der Waals surface area contributed by atoms with E-state index in [4.69, 9.17) is 4.42 Å². The van der Waals surface area contributed by atoms with Crippen molar-refractivity contribution in [2.24, 2.45) is 5.92 Å². The van der Waals surface area contributed by atoms with Crippen LogP contribution in [0.3, 0.4) is 0 Å². The maximum absolute atomic E-state index is 5.77. The molecule has 4 rings (SSSR count). The molecule has 106 valence electrons. The summed E-state index contributed by atoms with van der Waals surface area (Å²) in [6.45, 7) is 4.18. The number of hydrogen-bond donors (Lipinski definition) is 1. The van der Waals surface area contributed by atoms with Gasteiger partial charge in [-0.2, -0.15) is 0 Å². The zero-order chi connectivity index (χ0) is 13.4. The van der Waals surface area contributed by atoms with Gasteiger partial charge in [0, 0.05) is 19.1 Å². The monoisotopic (exact) mass is 290 g/mol. The molecular formula is C14H18N4OS. The van der Waals surface area contributed by atoms with E-state index in [1.165, 1.54) is 12.8 Å². The predicted octanol–water partition coefficient (Wildman–Crippen LogP) is 1.98. The number of thiophene rings is 1. The quantitative estimate of drug-likeness (QED) is 0.937. The Morgan fingerprint density at radius 3 is 3.25 bits per heavy atom. The van der Waals surface area contributed by atoms with Gasteiger partial charge in [-0.05, 0) is 36.8 Å². The predicted molar refractivity (Wildman–Crippen MR) is 77.4 cm³/mol. The van der Waals surface area contributed by atoms with Crippen molar-refractivity contribution in [3.8, 4) is 10.8 Å². The van der Waals surface area contributed by atoms with Crippen LogP contribution in [0.4, 0.5) is 0 Å². The van der Waals surface area contributed by atoms with Crippen LogP contribution in [0.1, 0.15) is 18.7 Å². The summed E-state index contributed by atoms with van der Waals surface area (Å²) in [5.74, 6) is 2.17. The molecule has 2 aliphatic rings. The van der Waals surface area contributed by atoms with E-state index in [0.29, 0.717) is 11.9 Å².